The predicted octanol–water partition coefficient (Wildman–Crippen LogP) is 2.58. The van der Waals surface area contributed by atoms with Crippen molar-refractivity contribution in [3.05, 3.63) is 68.7 Å². The molecule has 0 radical (unpaired) electrons. The molecule has 2 heterocycles. The Labute approximate surface area is 114 Å². The van der Waals surface area contributed by atoms with Crippen LogP contribution in [0.1, 0.15) is 16.8 Å². The second kappa shape index (κ2) is 4.55. The maximum Gasteiger partial charge on any atom is 0.274 e. The molecule has 0 unspecified atom stereocenters. The van der Waals surface area contributed by atoms with Gasteiger partial charge in [-0.1, -0.05) is 23.7 Å². The summed E-state index contributed by atoms with van der Waals surface area (Å²) >= 11 is 6.21. The highest BCUT2D eigenvalue weighted by molar-refractivity contribution is 6.31. The van der Waals surface area contributed by atoms with Crippen molar-refractivity contribution in [3.8, 4) is 0 Å². The van der Waals surface area contributed by atoms with Gasteiger partial charge in [-0.15, -0.1) is 0 Å². The van der Waals surface area contributed by atoms with E-state index in [-0.39, 0.29) is 5.56 Å². The van der Waals surface area contributed by atoms with Crippen LogP contribution in [0.25, 0.3) is 5.65 Å². The number of aromatic nitrogens is 3. The number of nitrogens with one attached hydrogen (secondary N) is 1. The third-order valence-corrected chi connectivity index (χ3v) is 3.51. The average Bonchev–Trinajstić information content (AvgIpc) is 2.83. The first kappa shape index (κ1) is 12.0. The molecule has 0 aliphatic rings. The van der Waals surface area contributed by atoms with Crippen molar-refractivity contribution in [1.29, 1.82) is 0 Å². The van der Waals surface area contributed by atoms with E-state index in [9.17, 15) is 4.79 Å². The molecule has 1 aromatic carbocycles. The molecule has 1 N–H and O–H groups in total. The van der Waals surface area contributed by atoms with Gasteiger partial charge in [-0.05, 0) is 24.1 Å². The van der Waals surface area contributed by atoms with Gasteiger partial charge in [-0.2, -0.15) is 9.61 Å². The lowest BCUT2D eigenvalue weighted by molar-refractivity contribution is 0.880. The number of nitrogens with zero attached hydrogens (tertiary/aromatic N) is 2. The van der Waals surface area contributed by atoms with E-state index in [2.05, 4.69) is 10.1 Å². The Morgan fingerprint density at radius 1 is 1.37 bits per heavy atom. The lowest BCUT2D eigenvalue weighted by Crippen LogP contribution is -2.15. The first-order valence-corrected chi connectivity index (χ1v) is 6.33. The molecule has 0 aliphatic carbocycles. The number of rotatable bonds is 2. The lowest BCUT2D eigenvalue weighted by atomic mass is 10.0. The molecule has 96 valence electrons. The fraction of sp³-hybridized carbons (Fsp3) is 0.143. The summed E-state index contributed by atoms with van der Waals surface area (Å²) in [6.45, 7) is 2.01. The first-order valence-electron chi connectivity index (χ1n) is 5.95. The molecule has 0 bridgehead atoms. The summed E-state index contributed by atoms with van der Waals surface area (Å²) in [5.41, 5.74) is 3.52. The van der Waals surface area contributed by atoms with E-state index >= 15 is 0 Å². The molecule has 0 amide bonds. The van der Waals surface area contributed by atoms with Crippen molar-refractivity contribution in [2.24, 2.45) is 0 Å². The highest BCUT2D eigenvalue weighted by Gasteiger charge is 2.07. The van der Waals surface area contributed by atoms with Crippen molar-refractivity contribution >= 4 is 17.2 Å². The summed E-state index contributed by atoms with van der Waals surface area (Å²) in [7, 11) is 0. The van der Waals surface area contributed by atoms with E-state index in [1.54, 1.807) is 18.3 Å². The molecule has 4 nitrogen and oxygen atoms in total. The molecule has 0 aliphatic heterocycles. The molecule has 0 saturated carbocycles. The van der Waals surface area contributed by atoms with E-state index in [1.807, 2.05) is 25.1 Å². The van der Waals surface area contributed by atoms with Gasteiger partial charge in [0, 0.05) is 29.3 Å². The summed E-state index contributed by atoms with van der Waals surface area (Å²) in [5.74, 6) is 0. The SMILES string of the molecule is Cc1cccc(Cl)c1Cc1cc(=O)n2nccc2[nH]1. The smallest absolute Gasteiger partial charge is 0.274 e. The third kappa shape index (κ3) is 2.15. The van der Waals surface area contributed by atoms with Crippen LogP contribution in [0.2, 0.25) is 5.02 Å². The van der Waals surface area contributed by atoms with Crippen LogP contribution in [-0.4, -0.2) is 14.6 Å². The molecule has 19 heavy (non-hydrogen) atoms. The average molecular weight is 274 g/mol. The van der Waals surface area contributed by atoms with Crippen LogP contribution in [0.3, 0.4) is 0 Å². The standard InChI is InChI=1S/C14H12ClN3O/c1-9-3-2-4-12(15)11(9)7-10-8-14(19)18-13(17-10)5-6-16-18/h2-6,8,17H,7H2,1H3. The van der Waals surface area contributed by atoms with Crippen molar-refractivity contribution in [2.75, 3.05) is 0 Å². The molecule has 0 spiro atoms. The largest absolute Gasteiger partial charge is 0.343 e. The van der Waals surface area contributed by atoms with Crippen LogP contribution in [0, 0.1) is 6.92 Å². The fourth-order valence-electron chi connectivity index (χ4n) is 2.16. The number of hydrogen-bond donors (Lipinski definition) is 1. The number of aryl methyl sites for hydroxylation is 1. The number of halogens is 1. The van der Waals surface area contributed by atoms with Gasteiger partial charge < -0.3 is 4.98 Å². The number of H-pyrrole nitrogens is 1. The summed E-state index contributed by atoms with van der Waals surface area (Å²) in [6.07, 6.45) is 2.19. The fourth-order valence-corrected chi connectivity index (χ4v) is 2.45. The molecule has 3 aromatic rings. The van der Waals surface area contributed by atoms with Gasteiger partial charge in [0.15, 0.2) is 0 Å². The molecule has 0 atom stereocenters. The molecule has 0 saturated heterocycles. The van der Waals surface area contributed by atoms with Crippen LogP contribution < -0.4 is 5.56 Å². The normalized spacial score (nSPS) is 11.1. The number of fused-ring (bicyclic) bond motifs is 1. The Kier molecular flexibility index (Phi) is 2.87. The van der Waals surface area contributed by atoms with Gasteiger partial charge >= 0.3 is 0 Å². The summed E-state index contributed by atoms with van der Waals surface area (Å²) in [4.78, 5) is 15.1. The summed E-state index contributed by atoms with van der Waals surface area (Å²) in [5, 5.41) is 4.67. The minimum absolute atomic E-state index is 0.140. The molecule has 5 heteroatoms. The minimum Gasteiger partial charge on any atom is -0.343 e. The lowest BCUT2D eigenvalue weighted by Gasteiger charge is -2.08. The highest BCUT2D eigenvalue weighted by atomic mass is 35.5. The Hall–Kier alpha value is -2.07. The van der Waals surface area contributed by atoms with E-state index < -0.39 is 0 Å². The van der Waals surface area contributed by atoms with Crippen LogP contribution in [0.15, 0.2) is 41.3 Å². The van der Waals surface area contributed by atoms with Crippen molar-refractivity contribution in [1.82, 2.24) is 14.6 Å². The molecular formula is C14H12ClN3O. The van der Waals surface area contributed by atoms with Crippen molar-refractivity contribution < 1.29 is 0 Å². The Balaban J connectivity index is 2.08. The highest BCUT2D eigenvalue weighted by Crippen LogP contribution is 2.21. The molecule has 0 fully saturated rings. The first-order chi connectivity index (χ1) is 9.15. The second-order valence-corrected chi connectivity index (χ2v) is 4.88. The van der Waals surface area contributed by atoms with Gasteiger partial charge in [0.25, 0.3) is 5.56 Å². The Bertz CT molecular complexity index is 784. The van der Waals surface area contributed by atoms with Gasteiger partial charge in [-0.25, -0.2) is 0 Å². The van der Waals surface area contributed by atoms with Gasteiger partial charge in [0.05, 0.1) is 6.20 Å². The quantitative estimate of drug-likeness (QED) is 0.780. The van der Waals surface area contributed by atoms with Crippen molar-refractivity contribution in [2.45, 2.75) is 13.3 Å². The topological polar surface area (TPSA) is 50.2 Å². The van der Waals surface area contributed by atoms with Gasteiger partial charge in [0.2, 0.25) is 0 Å². The van der Waals surface area contributed by atoms with E-state index in [0.29, 0.717) is 17.1 Å². The van der Waals surface area contributed by atoms with Crippen LogP contribution >= 0.6 is 11.6 Å². The third-order valence-electron chi connectivity index (χ3n) is 3.16. The zero-order chi connectivity index (χ0) is 13.4. The Morgan fingerprint density at radius 3 is 3.00 bits per heavy atom. The predicted molar refractivity (Wildman–Crippen MR) is 74.8 cm³/mol. The summed E-state index contributed by atoms with van der Waals surface area (Å²) in [6, 6.07) is 9.12. The zero-order valence-corrected chi connectivity index (χ0v) is 11.1. The second-order valence-electron chi connectivity index (χ2n) is 4.47. The number of hydrogen-bond acceptors (Lipinski definition) is 2. The Morgan fingerprint density at radius 2 is 2.21 bits per heavy atom. The molecule has 3 rings (SSSR count). The number of benzene rings is 1. The molecular weight excluding hydrogens is 262 g/mol. The minimum atomic E-state index is -0.140. The van der Waals surface area contributed by atoms with Crippen LogP contribution in [-0.2, 0) is 6.42 Å². The van der Waals surface area contributed by atoms with E-state index in [0.717, 1.165) is 16.8 Å². The maximum absolute atomic E-state index is 11.9. The van der Waals surface area contributed by atoms with Gasteiger partial charge in [0.1, 0.15) is 5.65 Å². The zero-order valence-electron chi connectivity index (χ0n) is 10.4. The molecule has 2 aromatic heterocycles. The van der Waals surface area contributed by atoms with Crippen LogP contribution in [0.4, 0.5) is 0 Å². The van der Waals surface area contributed by atoms with E-state index in [4.69, 9.17) is 11.6 Å². The van der Waals surface area contributed by atoms with Crippen molar-refractivity contribution in [3.63, 3.8) is 0 Å². The monoisotopic (exact) mass is 273 g/mol. The maximum atomic E-state index is 11.9. The van der Waals surface area contributed by atoms with Gasteiger partial charge in [-0.3, -0.25) is 4.79 Å². The summed E-state index contributed by atoms with van der Waals surface area (Å²) < 4.78 is 1.34. The van der Waals surface area contributed by atoms with Crippen LogP contribution in [0.5, 0.6) is 0 Å². The van der Waals surface area contributed by atoms with E-state index in [1.165, 1.54) is 4.52 Å². The number of aromatic amines is 1.